The molecular formula is C25H29N5O4. The van der Waals surface area contributed by atoms with Crippen molar-refractivity contribution in [2.24, 2.45) is 17.8 Å². The third-order valence-corrected chi connectivity index (χ3v) is 8.49. The molecule has 8 rings (SSSR count). The van der Waals surface area contributed by atoms with Gasteiger partial charge in [-0.15, -0.1) is 0 Å². The van der Waals surface area contributed by atoms with Crippen LogP contribution >= 0.6 is 0 Å². The van der Waals surface area contributed by atoms with Crippen LogP contribution in [0.4, 0.5) is 5.69 Å². The standard InChI is InChI=1S/C25H29N5O4/c31-24(30-4-6-33-7-5-30)22-28-23(34-29-22)18-13-26-19-3-1-2-17(19)21(18)27-20-15-8-14-9-16(20)12-25(32,10-14)11-15/h1-2,13-16,20,32H,3-12H2,(H,26,27)/t14?,15-,16+,20?,25?. The number of carbonyl (C=O) groups excluding carboxylic acids is 1. The SMILES string of the molecule is O=C(c1noc(-c2cnc3c(c2NC2[C@@H]4CC5C[C@H]2CC(O)(C5)C4)C=CC3)n1)N1CCOCC1. The van der Waals surface area contributed by atoms with Gasteiger partial charge in [-0.3, -0.25) is 9.78 Å². The van der Waals surface area contributed by atoms with Gasteiger partial charge in [0.2, 0.25) is 0 Å². The Kier molecular flexibility index (Phi) is 4.61. The number of aliphatic hydroxyl groups is 1. The number of nitrogens with zero attached hydrogens (tertiary/aromatic N) is 4. The fraction of sp³-hybridized carbons (Fsp3) is 0.600. The van der Waals surface area contributed by atoms with Gasteiger partial charge >= 0.3 is 0 Å². The highest BCUT2D eigenvalue weighted by Crippen LogP contribution is 2.56. The topological polar surface area (TPSA) is 114 Å². The Labute approximate surface area is 197 Å². The van der Waals surface area contributed by atoms with E-state index in [0.717, 1.165) is 48.2 Å². The van der Waals surface area contributed by atoms with Gasteiger partial charge in [0.1, 0.15) is 0 Å². The lowest BCUT2D eigenvalue weighted by molar-refractivity contribution is -0.129. The van der Waals surface area contributed by atoms with Crippen molar-refractivity contribution in [2.75, 3.05) is 31.6 Å². The number of aromatic nitrogens is 3. The van der Waals surface area contributed by atoms with Crippen LogP contribution in [-0.4, -0.2) is 69.0 Å². The molecule has 5 aliphatic carbocycles. The summed E-state index contributed by atoms with van der Waals surface area (Å²) in [6.45, 7) is 2.09. The second-order valence-corrected chi connectivity index (χ2v) is 10.7. The van der Waals surface area contributed by atoms with Crippen molar-refractivity contribution >= 4 is 17.7 Å². The highest BCUT2D eigenvalue weighted by atomic mass is 16.5. The van der Waals surface area contributed by atoms with E-state index in [9.17, 15) is 9.90 Å². The van der Waals surface area contributed by atoms with Crippen molar-refractivity contribution in [1.82, 2.24) is 20.0 Å². The van der Waals surface area contributed by atoms with Crippen LogP contribution in [0.1, 0.15) is 54.0 Å². The molecule has 178 valence electrons. The second-order valence-electron chi connectivity index (χ2n) is 10.7. The molecule has 1 amide bonds. The summed E-state index contributed by atoms with van der Waals surface area (Å²) in [5, 5.41) is 18.9. The first-order valence-corrected chi connectivity index (χ1v) is 12.4. The van der Waals surface area contributed by atoms with Crippen molar-refractivity contribution in [3.63, 3.8) is 0 Å². The van der Waals surface area contributed by atoms with Gasteiger partial charge < -0.3 is 24.6 Å². The molecule has 2 aromatic heterocycles. The third kappa shape index (κ3) is 3.28. The minimum Gasteiger partial charge on any atom is -0.390 e. The molecule has 4 saturated carbocycles. The summed E-state index contributed by atoms with van der Waals surface area (Å²) in [4.78, 5) is 23.7. The zero-order valence-electron chi connectivity index (χ0n) is 19.1. The number of hydrogen-bond acceptors (Lipinski definition) is 8. The van der Waals surface area contributed by atoms with Gasteiger partial charge in [-0.1, -0.05) is 17.3 Å². The van der Waals surface area contributed by atoms with Crippen molar-refractivity contribution < 1.29 is 19.2 Å². The Bertz CT molecular complexity index is 1150. The molecule has 6 aliphatic rings. The molecule has 3 unspecified atom stereocenters. The van der Waals surface area contributed by atoms with E-state index in [0.29, 0.717) is 56.0 Å². The van der Waals surface area contributed by atoms with Crippen molar-refractivity contribution in [3.05, 3.63) is 29.4 Å². The largest absolute Gasteiger partial charge is 0.390 e. The predicted octanol–water partition coefficient (Wildman–Crippen LogP) is 2.52. The third-order valence-electron chi connectivity index (χ3n) is 8.49. The van der Waals surface area contributed by atoms with Crippen LogP contribution < -0.4 is 5.32 Å². The number of anilines is 1. The zero-order chi connectivity index (χ0) is 22.9. The van der Waals surface area contributed by atoms with Crippen LogP contribution in [0.25, 0.3) is 17.5 Å². The van der Waals surface area contributed by atoms with Gasteiger partial charge in [-0.05, 0) is 49.9 Å². The molecule has 34 heavy (non-hydrogen) atoms. The lowest BCUT2D eigenvalue weighted by Gasteiger charge is -2.58. The summed E-state index contributed by atoms with van der Waals surface area (Å²) < 4.78 is 10.9. The molecule has 9 nitrogen and oxygen atoms in total. The number of morpholine rings is 1. The minimum atomic E-state index is -0.473. The predicted molar refractivity (Wildman–Crippen MR) is 123 cm³/mol. The Morgan fingerprint density at radius 2 is 1.97 bits per heavy atom. The van der Waals surface area contributed by atoms with Crippen molar-refractivity contribution in [1.29, 1.82) is 0 Å². The fourth-order valence-corrected chi connectivity index (χ4v) is 7.23. The van der Waals surface area contributed by atoms with E-state index in [1.165, 1.54) is 12.8 Å². The van der Waals surface area contributed by atoms with Crippen LogP contribution in [0.3, 0.4) is 0 Å². The molecule has 2 N–H and O–H groups in total. The highest BCUT2D eigenvalue weighted by Gasteiger charge is 2.55. The molecule has 9 heteroatoms. The number of amides is 1. The number of fused-ring (bicyclic) bond motifs is 1. The van der Waals surface area contributed by atoms with Crippen LogP contribution in [0, 0.1) is 17.8 Å². The number of allylic oxidation sites excluding steroid dienone is 1. The number of hydrogen-bond donors (Lipinski definition) is 2. The van der Waals surface area contributed by atoms with E-state index >= 15 is 0 Å². The van der Waals surface area contributed by atoms with Gasteiger partial charge in [-0.2, -0.15) is 4.98 Å². The summed E-state index contributed by atoms with van der Waals surface area (Å²) in [6, 6.07) is 0.299. The van der Waals surface area contributed by atoms with Crippen LogP contribution in [0.2, 0.25) is 0 Å². The van der Waals surface area contributed by atoms with E-state index in [2.05, 4.69) is 32.6 Å². The average Bonchev–Trinajstić information content (AvgIpc) is 3.50. The molecule has 1 saturated heterocycles. The summed E-state index contributed by atoms with van der Waals surface area (Å²) in [5.74, 6) is 1.69. The lowest BCUT2D eigenvalue weighted by Crippen LogP contribution is -2.59. The lowest BCUT2D eigenvalue weighted by atomic mass is 9.52. The number of nitrogens with one attached hydrogen (secondary N) is 1. The van der Waals surface area contributed by atoms with Crippen molar-refractivity contribution in [3.8, 4) is 11.5 Å². The minimum absolute atomic E-state index is 0.0655. The van der Waals surface area contributed by atoms with Crippen LogP contribution in [0.15, 0.2) is 16.8 Å². The Hall–Kier alpha value is -2.78. The molecule has 0 spiro atoms. The first-order chi connectivity index (χ1) is 16.6. The van der Waals surface area contributed by atoms with Gasteiger partial charge in [0.05, 0.1) is 35.8 Å². The zero-order valence-corrected chi connectivity index (χ0v) is 19.1. The average molecular weight is 464 g/mol. The monoisotopic (exact) mass is 463 g/mol. The van der Waals surface area contributed by atoms with Gasteiger partial charge in [-0.25, -0.2) is 0 Å². The van der Waals surface area contributed by atoms with E-state index in [4.69, 9.17) is 9.26 Å². The molecule has 4 bridgehead atoms. The van der Waals surface area contributed by atoms with E-state index in [-0.39, 0.29) is 11.7 Å². The summed E-state index contributed by atoms with van der Waals surface area (Å²) in [7, 11) is 0. The molecule has 0 aromatic carbocycles. The summed E-state index contributed by atoms with van der Waals surface area (Å²) in [5.41, 5.74) is 3.30. The molecule has 1 aliphatic heterocycles. The smallest absolute Gasteiger partial charge is 0.295 e. The first kappa shape index (κ1) is 20.6. The van der Waals surface area contributed by atoms with E-state index in [1.54, 1.807) is 11.1 Å². The van der Waals surface area contributed by atoms with Crippen LogP contribution in [0.5, 0.6) is 0 Å². The van der Waals surface area contributed by atoms with Gasteiger partial charge in [0.25, 0.3) is 17.6 Å². The number of carbonyl (C=O) groups is 1. The molecule has 0 radical (unpaired) electrons. The summed E-state index contributed by atoms with van der Waals surface area (Å²) in [6.07, 6.45) is 11.9. The maximum absolute atomic E-state index is 12.9. The fourth-order valence-electron chi connectivity index (χ4n) is 7.23. The number of ether oxygens (including phenoxy) is 1. The summed E-state index contributed by atoms with van der Waals surface area (Å²) >= 11 is 0. The van der Waals surface area contributed by atoms with Gasteiger partial charge in [0.15, 0.2) is 0 Å². The Morgan fingerprint density at radius 3 is 2.74 bits per heavy atom. The molecular weight excluding hydrogens is 434 g/mol. The molecule has 5 atom stereocenters. The number of rotatable bonds is 4. The highest BCUT2D eigenvalue weighted by molar-refractivity contribution is 5.91. The van der Waals surface area contributed by atoms with E-state index < -0.39 is 5.60 Å². The maximum Gasteiger partial charge on any atom is 0.295 e. The Morgan fingerprint density at radius 1 is 1.18 bits per heavy atom. The quantitative estimate of drug-likeness (QED) is 0.711. The van der Waals surface area contributed by atoms with Crippen LogP contribution in [-0.2, 0) is 11.2 Å². The first-order valence-electron chi connectivity index (χ1n) is 12.4. The molecule has 5 fully saturated rings. The van der Waals surface area contributed by atoms with Gasteiger partial charge in [0, 0.05) is 37.3 Å². The maximum atomic E-state index is 12.9. The molecule has 3 heterocycles. The second kappa shape index (κ2) is 7.61. The normalized spacial score (nSPS) is 33.4. The number of pyridine rings is 1. The van der Waals surface area contributed by atoms with Crippen molar-refractivity contribution in [2.45, 2.75) is 50.2 Å². The van der Waals surface area contributed by atoms with E-state index in [1.807, 2.05) is 0 Å². The Balaban J connectivity index is 1.22. The molecule has 2 aromatic rings.